The van der Waals surface area contributed by atoms with Crippen molar-refractivity contribution in [2.75, 3.05) is 20.3 Å². The number of aromatic nitrogens is 2. The van der Waals surface area contributed by atoms with Crippen LogP contribution in [-0.2, 0) is 9.53 Å². The average molecular weight is 546 g/mol. The number of ether oxygens (including phenoxy) is 1. The molecule has 0 aliphatic heterocycles. The molecule has 0 N–H and O–H groups in total. The van der Waals surface area contributed by atoms with Gasteiger partial charge in [-0.1, -0.05) is 90.5 Å². The van der Waals surface area contributed by atoms with Crippen LogP contribution in [-0.4, -0.2) is 40.6 Å². The van der Waals surface area contributed by atoms with E-state index in [9.17, 15) is 9.59 Å². The molecule has 41 heavy (non-hydrogen) atoms. The number of hydrogen-bond donors (Lipinski definition) is 0. The minimum absolute atomic E-state index is 0.0520. The summed E-state index contributed by atoms with van der Waals surface area (Å²) in [5, 5.41) is 0.535. The van der Waals surface area contributed by atoms with Crippen molar-refractivity contribution in [2.24, 2.45) is 0 Å². The molecule has 1 atom stereocenters. The van der Waals surface area contributed by atoms with Crippen molar-refractivity contribution in [3.8, 4) is 5.69 Å². The smallest absolute Gasteiger partial charge is 0.266 e. The quantitative estimate of drug-likeness (QED) is 0.189. The van der Waals surface area contributed by atoms with Crippen LogP contribution in [0.1, 0.15) is 47.8 Å². The second-order valence-corrected chi connectivity index (χ2v) is 10.3. The molecule has 5 aromatic rings. The van der Waals surface area contributed by atoms with Crippen molar-refractivity contribution in [1.29, 1.82) is 0 Å². The monoisotopic (exact) mass is 545 g/mol. The highest BCUT2D eigenvalue weighted by Gasteiger charge is 2.33. The number of para-hydroxylation sites is 1. The Morgan fingerprint density at radius 3 is 2.05 bits per heavy atom. The first-order valence-corrected chi connectivity index (χ1v) is 14.0. The molecule has 0 bridgehead atoms. The Bertz CT molecular complexity index is 1630. The normalized spacial score (nSPS) is 12.0. The van der Waals surface area contributed by atoms with Gasteiger partial charge in [-0.05, 0) is 55.7 Å². The van der Waals surface area contributed by atoms with Gasteiger partial charge in [0, 0.05) is 20.3 Å². The topological polar surface area (TPSA) is 64.4 Å². The maximum absolute atomic E-state index is 14.7. The van der Waals surface area contributed by atoms with Crippen LogP contribution in [0.2, 0.25) is 0 Å². The average Bonchev–Trinajstić information content (AvgIpc) is 3.01. The van der Waals surface area contributed by atoms with Crippen molar-refractivity contribution in [3.05, 3.63) is 142 Å². The predicted octanol–water partition coefficient (Wildman–Crippen LogP) is 6.45. The Morgan fingerprint density at radius 2 is 1.44 bits per heavy atom. The summed E-state index contributed by atoms with van der Waals surface area (Å²) in [5.41, 5.74) is 4.08. The van der Waals surface area contributed by atoms with Gasteiger partial charge < -0.3 is 9.64 Å². The van der Waals surface area contributed by atoms with Crippen LogP contribution < -0.4 is 5.56 Å². The standard InChI is InChI=1S/C35H35N3O3/c1-25-19-21-29(22-20-25)38-33(36-31-18-11-10-17-30(31)34(38)39)26(2)37(23-12-24-41-3)35(40)32(27-13-6-4-7-14-27)28-15-8-5-9-16-28/h4-11,13-22,26,32H,12,23-24H2,1-3H3. The third kappa shape index (κ3) is 5.98. The Kier molecular flexibility index (Phi) is 8.70. The molecule has 0 saturated heterocycles. The van der Waals surface area contributed by atoms with Crippen LogP contribution in [0, 0.1) is 6.92 Å². The molecule has 0 saturated carbocycles. The summed E-state index contributed by atoms with van der Waals surface area (Å²) in [6, 6.07) is 34.4. The zero-order valence-electron chi connectivity index (χ0n) is 23.7. The van der Waals surface area contributed by atoms with Gasteiger partial charge in [-0.2, -0.15) is 0 Å². The summed E-state index contributed by atoms with van der Waals surface area (Å²) >= 11 is 0. The van der Waals surface area contributed by atoms with Gasteiger partial charge in [0.25, 0.3) is 5.56 Å². The third-order valence-corrected chi connectivity index (χ3v) is 7.48. The number of carbonyl (C=O) groups is 1. The van der Waals surface area contributed by atoms with Crippen molar-refractivity contribution in [1.82, 2.24) is 14.5 Å². The highest BCUT2D eigenvalue weighted by molar-refractivity contribution is 5.87. The lowest BCUT2D eigenvalue weighted by Gasteiger charge is -2.34. The Labute approximate surface area is 240 Å². The van der Waals surface area contributed by atoms with E-state index in [0.29, 0.717) is 42.0 Å². The number of benzene rings is 4. The molecule has 1 aromatic heterocycles. The number of aryl methyl sites for hydroxylation is 1. The Morgan fingerprint density at radius 1 is 0.854 bits per heavy atom. The minimum atomic E-state index is -0.512. The van der Waals surface area contributed by atoms with Gasteiger partial charge in [-0.25, -0.2) is 4.98 Å². The molecule has 1 heterocycles. The summed E-state index contributed by atoms with van der Waals surface area (Å²) in [6.45, 7) is 4.92. The maximum atomic E-state index is 14.7. The molecule has 0 radical (unpaired) electrons. The maximum Gasteiger partial charge on any atom is 0.266 e. The van der Waals surface area contributed by atoms with E-state index >= 15 is 0 Å². The van der Waals surface area contributed by atoms with Gasteiger partial charge in [0.05, 0.1) is 28.6 Å². The second-order valence-electron chi connectivity index (χ2n) is 10.3. The second kappa shape index (κ2) is 12.7. The highest BCUT2D eigenvalue weighted by atomic mass is 16.5. The lowest BCUT2D eigenvalue weighted by Crippen LogP contribution is -2.41. The van der Waals surface area contributed by atoms with E-state index in [1.54, 1.807) is 17.7 Å². The molecule has 6 nitrogen and oxygen atoms in total. The van der Waals surface area contributed by atoms with E-state index in [-0.39, 0.29) is 11.5 Å². The predicted molar refractivity (Wildman–Crippen MR) is 163 cm³/mol. The molecule has 5 rings (SSSR count). The van der Waals surface area contributed by atoms with Crippen LogP contribution in [0.3, 0.4) is 0 Å². The van der Waals surface area contributed by atoms with Crippen molar-refractivity contribution < 1.29 is 9.53 Å². The van der Waals surface area contributed by atoms with Crippen LogP contribution in [0.4, 0.5) is 0 Å². The molecule has 208 valence electrons. The summed E-state index contributed by atoms with van der Waals surface area (Å²) < 4.78 is 7.02. The Balaban J connectivity index is 1.67. The fourth-order valence-electron chi connectivity index (χ4n) is 5.32. The summed E-state index contributed by atoms with van der Waals surface area (Å²) in [6.07, 6.45) is 0.644. The van der Waals surface area contributed by atoms with Crippen LogP contribution in [0.25, 0.3) is 16.6 Å². The van der Waals surface area contributed by atoms with Crippen LogP contribution >= 0.6 is 0 Å². The molecule has 0 aliphatic carbocycles. The molecule has 0 aliphatic rings. The van der Waals surface area contributed by atoms with Crippen molar-refractivity contribution >= 4 is 16.8 Å². The van der Waals surface area contributed by atoms with Gasteiger partial charge >= 0.3 is 0 Å². The van der Waals surface area contributed by atoms with Gasteiger partial charge in [-0.15, -0.1) is 0 Å². The third-order valence-electron chi connectivity index (χ3n) is 7.48. The fourth-order valence-corrected chi connectivity index (χ4v) is 5.32. The van der Waals surface area contributed by atoms with E-state index in [4.69, 9.17) is 9.72 Å². The molecule has 6 heteroatoms. The number of carbonyl (C=O) groups excluding carboxylic acids is 1. The van der Waals surface area contributed by atoms with Gasteiger partial charge in [0.2, 0.25) is 5.91 Å². The molecule has 0 fully saturated rings. The number of fused-ring (bicyclic) bond motifs is 1. The number of amides is 1. The first-order valence-electron chi connectivity index (χ1n) is 14.0. The molecule has 4 aromatic carbocycles. The number of methoxy groups -OCH3 is 1. The Hall–Kier alpha value is -4.55. The highest BCUT2D eigenvalue weighted by Crippen LogP contribution is 2.31. The number of nitrogens with zero attached hydrogens (tertiary/aromatic N) is 3. The summed E-state index contributed by atoms with van der Waals surface area (Å²) in [5.74, 6) is -0.0468. The van der Waals surface area contributed by atoms with Gasteiger partial charge in [0.1, 0.15) is 5.82 Å². The van der Waals surface area contributed by atoms with E-state index in [0.717, 1.165) is 16.7 Å². The zero-order valence-corrected chi connectivity index (χ0v) is 23.7. The van der Waals surface area contributed by atoms with Crippen LogP contribution in [0.5, 0.6) is 0 Å². The number of rotatable bonds is 10. The minimum Gasteiger partial charge on any atom is -0.385 e. The summed E-state index contributed by atoms with van der Waals surface area (Å²) in [4.78, 5) is 35.5. The molecule has 0 spiro atoms. The van der Waals surface area contributed by atoms with E-state index in [1.807, 2.05) is 122 Å². The SMILES string of the molecule is COCCCN(C(=O)C(c1ccccc1)c1ccccc1)C(C)c1nc2ccccc2c(=O)n1-c1ccc(C)cc1. The largest absolute Gasteiger partial charge is 0.385 e. The first-order chi connectivity index (χ1) is 20.0. The van der Waals surface area contributed by atoms with Gasteiger partial charge in [0.15, 0.2) is 0 Å². The van der Waals surface area contributed by atoms with Crippen molar-refractivity contribution in [3.63, 3.8) is 0 Å². The lowest BCUT2D eigenvalue weighted by molar-refractivity contribution is -0.134. The van der Waals surface area contributed by atoms with Crippen molar-refractivity contribution in [2.45, 2.75) is 32.2 Å². The zero-order chi connectivity index (χ0) is 28.8. The lowest BCUT2D eigenvalue weighted by atomic mass is 9.89. The summed E-state index contributed by atoms with van der Waals surface area (Å²) in [7, 11) is 1.66. The van der Waals surface area contributed by atoms with E-state index in [1.165, 1.54) is 0 Å². The van der Waals surface area contributed by atoms with E-state index < -0.39 is 12.0 Å². The fraction of sp³-hybridized carbons (Fsp3) is 0.229. The molecule has 1 amide bonds. The van der Waals surface area contributed by atoms with Gasteiger partial charge in [-0.3, -0.25) is 14.2 Å². The molecular formula is C35H35N3O3. The first kappa shape index (κ1) is 28.0. The van der Waals surface area contributed by atoms with E-state index in [2.05, 4.69) is 0 Å². The molecular weight excluding hydrogens is 510 g/mol. The van der Waals surface area contributed by atoms with Crippen LogP contribution in [0.15, 0.2) is 114 Å². The number of hydrogen-bond acceptors (Lipinski definition) is 4. The molecule has 1 unspecified atom stereocenters.